The maximum Gasteiger partial charge on any atom is 0.263 e. The molecular weight excluding hydrogens is 398 g/mol. The molecule has 7 heteroatoms. The molecule has 0 bridgehead atoms. The van der Waals surface area contributed by atoms with Crippen molar-refractivity contribution in [1.82, 2.24) is 14.1 Å². The summed E-state index contributed by atoms with van der Waals surface area (Å²) in [6, 6.07) is 15.4. The number of carbonyl (C=O) groups is 1. The first kappa shape index (κ1) is 20.0. The summed E-state index contributed by atoms with van der Waals surface area (Å²) < 4.78 is 3.63. The molecule has 2 aromatic carbocycles. The Kier molecular flexibility index (Phi) is 5.46. The highest BCUT2D eigenvalue weighted by Gasteiger charge is 2.14. The van der Waals surface area contributed by atoms with Crippen LogP contribution in [0.1, 0.15) is 28.4 Å². The largest absolute Gasteiger partial charge is 0.508 e. The quantitative estimate of drug-likeness (QED) is 0.291. The summed E-state index contributed by atoms with van der Waals surface area (Å²) in [6.07, 6.45) is 3.79. The lowest BCUT2D eigenvalue weighted by Gasteiger charge is -2.10. The fourth-order valence-electron chi connectivity index (χ4n) is 3.44. The number of hydrogen-bond acceptors (Lipinski definition) is 5. The first-order valence-corrected chi connectivity index (χ1v) is 10.8. The number of fused-ring (bicyclic) bond motifs is 1. The summed E-state index contributed by atoms with van der Waals surface area (Å²) >= 11 is 1.46. The minimum absolute atomic E-state index is 0.0274. The SMILES string of the molecule is CCn1c(SC)nc2c(ccn2Cc2ccc(C(=O)c3ccc(O)cc3)cc2)c1=O. The number of ketones is 1. The molecule has 0 aliphatic heterocycles. The Morgan fingerprint density at radius 1 is 1.03 bits per heavy atom. The average molecular weight is 420 g/mol. The van der Waals surface area contributed by atoms with Gasteiger partial charge in [0.1, 0.15) is 11.4 Å². The molecule has 2 heterocycles. The molecule has 0 aliphatic rings. The summed E-state index contributed by atoms with van der Waals surface area (Å²) in [5.41, 5.74) is 2.74. The zero-order valence-electron chi connectivity index (χ0n) is 16.7. The number of rotatable bonds is 6. The maximum absolute atomic E-state index is 12.7. The van der Waals surface area contributed by atoms with Crippen molar-refractivity contribution in [3.8, 4) is 5.75 Å². The van der Waals surface area contributed by atoms with E-state index in [0.29, 0.717) is 40.4 Å². The van der Waals surface area contributed by atoms with E-state index in [1.165, 1.54) is 23.9 Å². The molecule has 4 rings (SSSR count). The van der Waals surface area contributed by atoms with Gasteiger partial charge in [-0.25, -0.2) is 4.98 Å². The highest BCUT2D eigenvalue weighted by Crippen LogP contribution is 2.19. The lowest BCUT2D eigenvalue weighted by Crippen LogP contribution is -2.22. The second-order valence-corrected chi connectivity index (χ2v) is 7.68. The van der Waals surface area contributed by atoms with Gasteiger partial charge in [-0.15, -0.1) is 0 Å². The molecule has 152 valence electrons. The second-order valence-electron chi connectivity index (χ2n) is 6.90. The van der Waals surface area contributed by atoms with E-state index in [1.807, 2.05) is 42.1 Å². The monoisotopic (exact) mass is 419 g/mol. The van der Waals surface area contributed by atoms with E-state index in [2.05, 4.69) is 4.98 Å². The standard InChI is InChI=1S/C23H21N3O3S/c1-3-26-22(29)19-12-13-25(21(19)24-23(26)30-2)14-15-4-6-16(7-5-15)20(28)17-8-10-18(27)11-9-17/h4-13,27H,3,14H2,1-2H3. The van der Waals surface area contributed by atoms with Crippen LogP contribution in [0, 0.1) is 0 Å². The maximum atomic E-state index is 12.7. The Labute approximate surface area is 177 Å². The van der Waals surface area contributed by atoms with Gasteiger partial charge in [-0.3, -0.25) is 14.2 Å². The van der Waals surface area contributed by atoms with Crippen LogP contribution in [-0.4, -0.2) is 31.3 Å². The number of nitrogens with zero attached hydrogens (tertiary/aromatic N) is 3. The van der Waals surface area contributed by atoms with Crippen LogP contribution in [0.15, 0.2) is 70.7 Å². The Morgan fingerprint density at radius 3 is 2.27 bits per heavy atom. The van der Waals surface area contributed by atoms with Crippen molar-refractivity contribution in [1.29, 1.82) is 0 Å². The lowest BCUT2D eigenvalue weighted by molar-refractivity contribution is 0.103. The van der Waals surface area contributed by atoms with Crippen LogP contribution in [0.4, 0.5) is 0 Å². The van der Waals surface area contributed by atoms with Crippen molar-refractivity contribution in [3.63, 3.8) is 0 Å². The van der Waals surface area contributed by atoms with Gasteiger partial charge in [0.15, 0.2) is 10.9 Å². The third-order valence-corrected chi connectivity index (χ3v) is 5.72. The number of phenols is 1. The molecule has 6 nitrogen and oxygen atoms in total. The van der Waals surface area contributed by atoms with Crippen LogP contribution in [0.5, 0.6) is 5.75 Å². The van der Waals surface area contributed by atoms with Gasteiger partial charge in [-0.05, 0) is 49.1 Å². The molecular formula is C23H21N3O3S. The second kappa shape index (κ2) is 8.20. The Hall–Kier alpha value is -3.32. The molecule has 30 heavy (non-hydrogen) atoms. The van der Waals surface area contributed by atoms with Crippen molar-refractivity contribution in [2.24, 2.45) is 0 Å². The molecule has 0 atom stereocenters. The third-order valence-electron chi connectivity index (χ3n) is 5.04. The fraction of sp³-hybridized carbons (Fsp3) is 0.174. The molecule has 2 aromatic heterocycles. The van der Waals surface area contributed by atoms with Gasteiger partial charge in [0.2, 0.25) is 0 Å². The number of carbonyl (C=O) groups excluding carboxylic acids is 1. The van der Waals surface area contributed by atoms with Crippen LogP contribution in [0.3, 0.4) is 0 Å². The van der Waals surface area contributed by atoms with Gasteiger partial charge in [-0.2, -0.15) is 0 Å². The lowest BCUT2D eigenvalue weighted by atomic mass is 10.0. The van der Waals surface area contributed by atoms with Crippen LogP contribution in [0.25, 0.3) is 11.0 Å². The predicted molar refractivity (Wildman–Crippen MR) is 119 cm³/mol. The van der Waals surface area contributed by atoms with Crippen LogP contribution in [-0.2, 0) is 13.1 Å². The van der Waals surface area contributed by atoms with Crippen molar-refractivity contribution >= 4 is 28.6 Å². The predicted octanol–water partition coefficient (Wildman–Crippen LogP) is 3.92. The molecule has 4 aromatic rings. The van der Waals surface area contributed by atoms with E-state index in [4.69, 9.17) is 0 Å². The van der Waals surface area contributed by atoms with Crippen molar-refractivity contribution in [2.75, 3.05) is 6.26 Å². The Balaban J connectivity index is 1.61. The summed E-state index contributed by atoms with van der Waals surface area (Å²) in [5, 5.41) is 10.7. The highest BCUT2D eigenvalue weighted by atomic mass is 32.2. The van der Waals surface area contributed by atoms with Gasteiger partial charge in [0.05, 0.1) is 5.39 Å². The van der Waals surface area contributed by atoms with Gasteiger partial charge in [0, 0.05) is 30.4 Å². The number of phenolic OH excluding ortho intramolecular Hbond substituents is 1. The van der Waals surface area contributed by atoms with E-state index >= 15 is 0 Å². The Morgan fingerprint density at radius 2 is 1.67 bits per heavy atom. The number of benzene rings is 2. The molecule has 0 aliphatic carbocycles. The van der Waals surface area contributed by atoms with E-state index < -0.39 is 0 Å². The summed E-state index contributed by atoms with van der Waals surface area (Å²) in [6.45, 7) is 3.07. The zero-order chi connectivity index (χ0) is 21.3. The van der Waals surface area contributed by atoms with Gasteiger partial charge in [-0.1, -0.05) is 36.0 Å². The topological polar surface area (TPSA) is 77.1 Å². The first-order valence-electron chi connectivity index (χ1n) is 9.58. The minimum Gasteiger partial charge on any atom is -0.508 e. The first-order chi connectivity index (χ1) is 14.5. The van der Waals surface area contributed by atoms with Crippen LogP contribution < -0.4 is 5.56 Å². The van der Waals surface area contributed by atoms with Gasteiger partial charge < -0.3 is 9.67 Å². The number of aromatic nitrogens is 3. The molecule has 0 spiro atoms. The summed E-state index contributed by atoms with van der Waals surface area (Å²) in [4.78, 5) is 30.0. The van der Waals surface area contributed by atoms with E-state index in [9.17, 15) is 14.7 Å². The van der Waals surface area contributed by atoms with Gasteiger partial charge in [0.25, 0.3) is 5.56 Å². The zero-order valence-corrected chi connectivity index (χ0v) is 17.5. The smallest absolute Gasteiger partial charge is 0.263 e. The van der Waals surface area contributed by atoms with E-state index in [1.54, 1.807) is 28.8 Å². The van der Waals surface area contributed by atoms with Crippen LogP contribution in [0.2, 0.25) is 0 Å². The fourth-order valence-corrected chi connectivity index (χ4v) is 4.05. The van der Waals surface area contributed by atoms with E-state index in [-0.39, 0.29) is 17.1 Å². The number of thioether (sulfide) groups is 1. The molecule has 0 radical (unpaired) electrons. The molecule has 0 amide bonds. The van der Waals surface area contributed by atoms with Crippen molar-refractivity contribution < 1.29 is 9.90 Å². The minimum atomic E-state index is -0.0978. The van der Waals surface area contributed by atoms with Gasteiger partial charge >= 0.3 is 0 Å². The third kappa shape index (κ3) is 3.64. The number of hydrogen-bond donors (Lipinski definition) is 1. The molecule has 1 N–H and O–H groups in total. The average Bonchev–Trinajstić information content (AvgIpc) is 3.17. The normalized spacial score (nSPS) is 11.1. The van der Waals surface area contributed by atoms with Crippen molar-refractivity contribution in [2.45, 2.75) is 25.2 Å². The number of aromatic hydroxyl groups is 1. The summed E-state index contributed by atoms with van der Waals surface area (Å²) in [7, 11) is 0. The van der Waals surface area contributed by atoms with E-state index in [0.717, 1.165) is 5.56 Å². The molecule has 0 saturated heterocycles. The van der Waals surface area contributed by atoms with Crippen LogP contribution >= 0.6 is 11.8 Å². The molecule has 0 saturated carbocycles. The highest BCUT2D eigenvalue weighted by molar-refractivity contribution is 7.98. The molecule has 0 fully saturated rings. The Bertz CT molecular complexity index is 1270. The molecule has 0 unspecified atom stereocenters. The summed E-state index contributed by atoms with van der Waals surface area (Å²) in [5.74, 6) is 0.0316. The van der Waals surface area contributed by atoms with Crippen molar-refractivity contribution in [3.05, 3.63) is 87.8 Å².